The van der Waals surface area contributed by atoms with Gasteiger partial charge in [0.05, 0.1) is 13.2 Å². The second kappa shape index (κ2) is 4.00. The van der Waals surface area contributed by atoms with Gasteiger partial charge in [0.2, 0.25) is 0 Å². The van der Waals surface area contributed by atoms with Crippen molar-refractivity contribution in [2.45, 2.75) is 19.8 Å². The molecular formula is C10H12O3S. The quantitative estimate of drug-likeness (QED) is 0.705. The van der Waals surface area contributed by atoms with Crippen LogP contribution in [-0.4, -0.2) is 19.2 Å². The molecule has 2 rings (SSSR count). The molecule has 0 N–H and O–H groups in total. The fraction of sp³-hybridized carbons (Fsp3) is 0.500. The SMILES string of the molecule is CCOC(=O)c1cc2c(s1)CCCO2. The molecule has 0 amide bonds. The molecule has 76 valence electrons. The number of carbonyl (C=O) groups excluding carboxylic acids is 1. The normalized spacial score (nSPS) is 14.4. The average molecular weight is 212 g/mol. The fourth-order valence-corrected chi connectivity index (χ4v) is 2.46. The maximum Gasteiger partial charge on any atom is 0.348 e. The molecule has 0 spiro atoms. The zero-order valence-corrected chi connectivity index (χ0v) is 8.86. The molecule has 2 heterocycles. The first-order chi connectivity index (χ1) is 6.81. The first kappa shape index (κ1) is 9.52. The van der Waals surface area contributed by atoms with Gasteiger partial charge >= 0.3 is 5.97 Å². The van der Waals surface area contributed by atoms with Gasteiger partial charge in [0.15, 0.2) is 0 Å². The summed E-state index contributed by atoms with van der Waals surface area (Å²) in [5, 5.41) is 0. The summed E-state index contributed by atoms with van der Waals surface area (Å²) in [5.41, 5.74) is 0. The average Bonchev–Trinajstić information content (AvgIpc) is 2.61. The lowest BCUT2D eigenvalue weighted by atomic mass is 10.2. The van der Waals surface area contributed by atoms with Crippen molar-refractivity contribution in [3.8, 4) is 5.75 Å². The number of fused-ring (bicyclic) bond motifs is 1. The zero-order chi connectivity index (χ0) is 9.97. The Kier molecular flexibility index (Phi) is 2.72. The van der Waals surface area contributed by atoms with Crippen LogP contribution >= 0.6 is 11.3 Å². The summed E-state index contributed by atoms with van der Waals surface area (Å²) in [6.45, 7) is 2.98. The van der Waals surface area contributed by atoms with Gasteiger partial charge in [0.25, 0.3) is 0 Å². The molecule has 0 aromatic carbocycles. The molecule has 4 heteroatoms. The molecule has 1 aliphatic heterocycles. The van der Waals surface area contributed by atoms with E-state index in [1.54, 1.807) is 6.07 Å². The number of esters is 1. The van der Waals surface area contributed by atoms with Crippen molar-refractivity contribution < 1.29 is 14.3 Å². The van der Waals surface area contributed by atoms with E-state index in [2.05, 4.69) is 0 Å². The summed E-state index contributed by atoms with van der Waals surface area (Å²) in [6.07, 6.45) is 2.05. The van der Waals surface area contributed by atoms with E-state index in [1.807, 2.05) is 6.92 Å². The van der Waals surface area contributed by atoms with Gasteiger partial charge in [-0.3, -0.25) is 0 Å². The third-order valence-corrected chi connectivity index (χ3v) is 3.21. The number of hydrogen-bond donors (Lipinski definition) is 0. The zero-order valence-electron chi connectivity index (χ0n) is 8.04. The summed E-state index contributed by atoms with van der Waals surface area (Å²) in [7, 11) is 0. The van der Waals surface area contributed by atoms with Gasteiger partial charge < -0.3 is 9.47 Å². The Morgan fingerprint density at radius 3 is 3.29 bits per heavy atom. The number of rotatable bonds is 2. The fourth-order valence-electron chi connectivity index (χ4n) is 1.43. The van der Waals surface area contributed by atoms with Crippen LogP contribution in [0.15, 0.2) is 6.07 Å². The van der Waals surface area contributed by atoms with Crippen LogP contribution in [0.1, 0.15) is 27.9 Å². The lowest BCUT2D eigenvalue weighted by molar-refractivity contribution is 0.0532. The van der Waals surface area contributed by atoms with Crippen LogP contribution in [-0.2, 0) is 11.2 Å². The van der Waals surface area contributed by atoms with Crippen LogP contribution in [0, 0.1) is 0 Å². The second-order valence-electron chi connectivity index (χ2n) is 3.07. The smallest absolute Gasteiger partial charge is 0.348 e. The minimum absolute atomic E-state index is 0.240. The number of hydrogen-bond acceptors (Lipinski definition) is 4. The highest BCUT2D eigenvalue weighted by atomic mass is 32.1. The van der Waals surface area contributed by atoms with E-state index in [-0.39, 0.29) is 5.97 Å². The standard InChI is InChI=1S/C10H12O3S/c1-2-12-10(11)9-6-7-8(14-9)4-3-5-13-7/h6H,2-5H2,1H3. The van der Waals surface area contributed by atoms with E-state index in [9.17, 15) is 4.79 Å². The van der Waals surface area contributed by atoms with Crippen molar-refractivity contribution in [2.24, 2.45) is 0 Å². The molecule has 0 bridgehead atoms. The Bertz CT molecular complexity index is 320. The Labute approximate surface area is 86.6 Å². The molecule has 14 heavy (non-hydrogen) atoms. The molecule has 0 fully saturated rings. The molecular weight excluding hydrogens is 200 g/mol. The lowest BCUT2D eigenvalue weighted by Gasteiger charge is -2.11. The van der Waals surface area contributed by atoms with Crippen LogP contribution in [0.25, 0.3) is 0 Å². The van der Waals surface area contributed by atoms with E-state index in [4.69, 9.17) is 9.47 Å². The van der Waals surface area contributed by atoms with Crippen LogP contribution in [0.2, 0.25) is 0 Å². The van der Waals surface area contributed by atoms with Gasteiger partial charge in [-0.1, -0.05) is 0 Å². The van der Waals surface area contributed by atoms with Crippen LogP contribution < -0.4 is 4.74 Å². The molecule has 0 saturated heterocycles. The van der Waals surface area contributed by atoms with E-state index in [0.717, 1.165) is 25.2 Å². The van der Waals surface area contributed by atoms with Crippen molar-refractivity contribution in [3.63, 3.8) is 0 Å². The number of aryl methyl sites for hydroxylation is 1. The van der Waals surface area contributed by atoms with E-state index >= 15 is 0 Å². The molecule has 0 unspecified atom stereocenters. The summed E-state index contributed by atoms with van der Waals surface area (Å²) >= 11 is 1.48. The van der Waals surface area contributed by atoms with Crippen LogP contribution in [0.3, 0.4) is 0 Å². The van der Waals surface area contributed by atoms with E-state index < -0.39 is 0 Å². The Morgan fingerprint density at radius 2 is 2.57 bits per heavy atom. The first-order valence-electron chi connectivity index (χ1n) is 4.74. The highest BCUT2D eigenvalue weighted by Crippen LogP contribution is 2.33. The predicted octanol–water partition coefficient (Wildman–Crippen LogP) is 2.25. The van der Waals surface area contributed by atoms with Crippen molar-refractivity contribution in [3.05, 3.63) is 15.8 Å². The molecule has 3 nitrogen and oxygen atoms in total. The first-order valence-corrected chi connectivity index (χ1v) is 5.55. The van der Waals surface area contributed by atoms with Crippen molar-refractivity contribution in [1.29, 1.82) is 0 Å². The predicted molar refractivity (Wildman–Crippen MR) is 54.1 cm³/mol. The summed E-state index contributed by atoms with van der Waals surface area (Å²) in [4.78, 5) is 13.2. The third kappa shape index (κ3) is 1.75. The van der Waals surface area contributed by atoms with E-state index in [0.29, 0.717) is 11.5 Å². The lowest BCUT2D eigenvalue weighted by Crippen LogP contribution is -2.05. The van der Waals surface area contributed by atoms with Crippen molar-refractivity contribution in [1.82, 2.24) is 0 Å². The topological polar surface area (TPSA) is 35.5 Å². The molecule has 1 aromatic rings. The molecule has 1 aliphatic rings. The molecule has 0 atom stereocenters. The maximum atomic E-state index is 11.4. The number of thiophene rings is 1. The molecule has 0 radical (unpaired) electrons. The molecule has 1 aromatic heterocycles. The summed E-state index contributed by atoms with van der Waals surface area (Å²) in [6, 6.07) is 1.79. The highest BCUT2D eigenvalue weighted by molar-refractivity contribution is 7.14. The summed E-state index contributed by atoms with van der Waals surface area (Å²) in [5.74, 6) is 0.625. The van der Waals surface area contributed by atoms with Crippen molar-refractivity contribution in [2.75, 3.05) is 13.2 Å². The van der Waals surface area contributed by atoms with Gasteiger partial charge in [-0.2, -0.15) is 0 Å². The van der Waals surface area contributed by atoms with Gasteiger partial charge in [-0.15, -0.1) is 11.3 Å². The van der Waals surface area contributed by atoms with Crippen LogP contribution in [0.4, 0.5) is 0 Å². The largest absolute Gasteiger partial charge is 0.492 e. The Hall–Kier alpha value is -1.03. The van der Waals surface area contributed by atoms with Gasteiger partial charge in [0.1, 0.15) is 10.6 Å². The second-order valence-corrected chi connectivity index (χ2v) is 4.21. The van der Waals surface area contributed by atoms with E-state index in [1.165, 1.54) is 16.2 Å². The number of ether oxygens (including phenoxy) is 2. The maximum absolute atomic E-state index is 11.4. The monoisotopic (exact) mass is 212 g/mol. The minimum Gasteiger partial charge on any atom is -0.492 e. The Morgan fingerprint density at radius 1 is 1.71 bits per heavy atom. The summed E-state index contributed by atoms with van der Waals surface area (Å²) < 4.78 is 10.4. The third-order valence-electron chi connectivity index (χ3n) is 2.05. The number of carbonyl (C=O) groups is 1. The minimum atomic E-state index is -0.240. The highest BCUT2D eigenvalue weighted by Gasteiger charge is 2.18. The van der Waals surface area contributed by atoms with Crippen molar-refractivity contribution >= 4 is 17.3 Å². The Balaban J connectivity index is 2.19. The molecule has 0 saturated carbocycles. The molecule has 0 aliphatic carbocycles. The van der Waals surface area contributed by atoms with Gasteiger partial charge in [-0.25, -0.2) is 4.79 Å². The van der Waals surface area contributed by atoms with Gasteiger partial charge in [0, 0.05) is 10.9 Å². The van der Waals surface area contributed by atoms with Gasteiger partial charge in [-0.05, 0) is 19.8 Å². The van der Waals surface area contributed by atoms with Crippen LogP contribution in [0.5, 0.6) is 5.75 Å².